The first-order chi connectivity index (χ1) is 7.72. The standard InChI is InChI=1S/C10H13Cl2N3O/c1-16-5-4-15(7-2-3-7)8-6-9(11)13-14-10(8)12/h6-7H,2-5H2,1H3. The molecule has 0 spiro atoms. The lowest BCUT2D eigenvalue weighted by molar-refractivity contribution is 0.205. The fraction of sp³-hybridized carbons (Fsp3) is 0.600. The predicted octanol–water partition coefficient (Wildman–Crippen LogP) is 2.40. The van der Waals surface area contributed by atoms with E-state index in [1.54, 1.807) is 13.2 Å². The molecule has 0 saturated heterocycles. The van der Waals surface area contributed by atoms with E-state index in [1.165, 1.54) is 12.8 Å². The molecule has 1 aromatic rings. The molecule has 4 nitrogen and oxygen atoms in total. The Bertz CT molecular complexity index is 371. The molecule has 0 aromatic carbocycles. The summed E-state index contributed by atoms with van der Waals surface area (Å²) in [7, 11) is 1.68. The van der Waals surface area contributed by atoms with E-state index < -0.39 is 0 Å². The van der Waals surface area contributed by atoms with Gasteiger partial charge in [0.25, 0.3) is 0 Å². The van der Waals surface area contributed by atoms with Crippen LogP contribution in [0, 0.1) is 0 Å². The Kier molecular flexibility index (Phi) is 3.84. The largest absolute Gasteiger partial charge is 0.383 e. The second kappa shape index (κ2) is 5.17. The quantitative estimate of drug-likeness (QED) is 0.816. The second-order valence-electron chi connectivity index (χ2n) is 3.76. The molecule has 0 N–H and O–H groups in total. The molecule has 1 aliphatic rings. The highest BCUT2D eigenvalue weighted by Gasteiger charge is 2.30. The Morgan fingerprint density at radius 1 is 1.44 bits per heavy atom. The van der Waals surface area contributed by atoms with Crippen LogP contribution in [0.15, 0.2) is 6.07 Å². The van der Waals surface area contributed by atoms with Gasteiger partial charge in [-0.25, -0.2) is 0 Å². The molecule has 0 radical (unpaired) electrons. The number of halogens is 2. The summed E-state index contributed by atoms with van der Waals surface area (Å²) >= 11 is 11.9. The highest BCUT2D eigenvalue weighted by atomic mass is 35.5. The minimum Gasteiger partial charge on any atom is -0.383 e. The Labute approximate surface area is 105 Å². The van der Waals surface area contributed by atoms with E-state index in [4.69, 9.17) is 27.9 Å². The summed E-state index contributed by atoms with van der Waals surface area (Å²) in [6, 6.07) is 2.29. The highest BCUT2D eigenvalue weighted by molar-refractivity contribution is 6.33. The Morgan fingerprint density at radius 3 is 2.81 bits per heavy atom. The topological polar surface area (TPSA) is 38.2 Å². The van der Waals surface area contributed by atoms with Gasteiger partial charge in [0.15, 0.2) is 10.3 Å². The van der Waals surface area contributed by atoms with Crippen molar-refractivity contribution in [1.82, 2.24) is 10.2 Å². The summed E-state index contributed by atoms with van der Waals surface area (Å²) in [6.07, 6.45) is 2.36. The van der Waals surface area contributed by atoms with Gasteiger partial charge in [-0.05, 0) is 12.8 Å². The minimum absolute atomic E-state index is 0.363. The van der Waals surface area contributed by atoms with Crippen LogP contribution in [0.5, 0.6) is 0 Å². The normalized spacial score (nSPS) is 15.2. The van der Waals surface area contributed by atoms with Gasteiger partial charge in [-0.15, -0.1) is 10.2 Å². The fourth-order valence-corrected chi connectivity index (χ4v) is 1.96. The number of hydrogen-bond acceptors (Lipinski definition) is 4. The number of anilines is 1. The Morgan fingerprint density at radius 2 is 2.19 bits per heavy atom. The van der Waals surface area contributed by atoms with E-state index in [-0.39, 0.29) is 0 Å². The zero-order chi connectivity index (χ0) is 11.5. The van der Waals surface area contributed by atoms with Gasteiger partial charge in [0.1, 0.15) is 0 Å². The van der Waals surface area contributed by atoms with Gasteiger partial charge >= 0.3 is 0 Å². The fourth-order valence-electron chi connectivity index (χ4n) is 1.62. The molecule has 1 heterocycles. The maximum absolute atomic E-state index is 6.03. The van der Waals surface area contributed by atoms with Crippen molar-refractivity contribution in [1.29, 1.82) is 0 Å². The van der Waals surface area contributed by atoms with Gasteiger partial charge in [0.2, 0.25) is 0 Å². The van der Waals surface area contributed by atoms with Crippen LogP contribution in [0.25, 0.3) is 0 Å². The summed E-state index contributed by atoms with van der Waals surface area (Å²) in [6.45, 7) is 1.45. The first kappa shape index (κ1) is 11.9. The van der Waals surface area contributed by atoms with Crippen molar-refractivity contribution in [2.75, 3.05) is 25.2 Å². The van der Waals surface area contributed by atoms with E-state index in [2.05, 4.69) is 15.1 Å². The van der Waals surface area contributed by atoms with Crippen molar-refractivity contribution >= 4 is 28.9 Å². The van der Waals surface area contributed by atoms with Crippen LogP contribution >= 0.6 is 23.2 Å². The third-order valence-electron chi connectivity index (χ3n) is 2.53. The zero-order valence-electron chi connectivity index (χ0n) is 8.99. The van der Waals surface area contributed by atoms with Gasteiger partial charge in [-0.3, -0.25) is 0 Å². The van der Waals surface area contributed by atoms with E-state index >= 15 is 0 Å². The molecule has 0 bridgehead atoms. The summed E-state index contributed by atoms with van der Waals surface area (Å²) < 4.78 is 5.09. The molecule has 1 aliphatic carbocycles. The molecule has 0 atom stereocenters. The Balaban J connectivity index is 2.19. The third kappa shape index (κ3) is 2.75. The summed E-state index contributed by atoms with van der Waals surface area (Å²) in [5.74, 6) is 0. The lowest BCUT2D eigenvalue weighted by atomic mass is 10.3. The molecule has 88 valence electrons. The molecule has 0 amide bonds. The Hall–Kier alpha value is -0.580. The molecule has 2 rings (SSSR count). The molecule has 0 unspecified atom stereocenters. The smallest absolute Gasteiger partial charge is 0.175 e. The lowest BCUT2D eigenvalue weighted by Gasteiger charge is -2.24. The lowest BCUT2D eigenvalue weighted by Crippen LogP contribution is -2.30. The molecule has 1 aromatic heterocycles. The number of ether oxygens (including phenoxy) is 1. The molecule has 1 fully saturated rings. The van der Waals surface area contributed by atoms with Crippen LogP contribution in [-0.4, -0.2) is 36.5 Å². The van der Waals surface area contributed by atoms with Crippen LogP contribution in [-0.2, 0) is 4.74 Å². The number of methoxy groups -OCH3 is 1. The van der Waals surface area contributed by atoms with Crippen LogP contribution in [0.3, 0.4) is 0 Å². The molecule has 1 saturated carbocycles. The van der Waals surface area contributed by atoms with E-state index in [1.807, 2.05) is 0 Å². The van der Waals surface area contributed by atoms with Crippen molar-refractivity contribution in [2.24, 2.45) is 0 Å². The summed E-state index contributed by atoms with van der Waals surface area (Å²) in [4.78, 5) is 2.19. The number of hydrogen-bond donors (Lipinski definition) is 0. The first-order valence-electron chi connectivity index (χ1n) is 5.16. The van der Waals surface area contributed by atoms with Gasteiger partial charge in [0.05, 0.1) is 12.3 Å². The zero-order valence-corrected chi connectivity index (χ0v) is 10.5. The molecule has 0 aliphatic heterocycles. The monoisotopic (exact) mass is 261 g/mol. The number of nitrogens with zero attached hydrogens (tertiary/aromatic N) is 3. The van der Waals surface area contributed by atoms with E-state index in [9.17, 15) is 0 Å². The summed E-state index contributed by atoms with van der Waals surface area (Å²) in [5.41, 5.74) is 0.848. The van der Waals surface area contributed by atoms with Gasteiger partial charge in [-0.1, -0.05) is 23.2 Å². The average Bonchev–Trinajstić information content (AvgIpc) is 3.08. The van der Waals surface area contributed by atoms with E-state index in [0.29, 0.717) is 23.0 Å². The van der Waals surface area contributed by atoms with Crippen molar-refractivity contribution in [2.45, 2.75) is 18.9 Å². The van der Waals surface area contributed by atoms with Crippen molar-refractivity contribution < 1.29 is 4.74 Å². The maximum atomic E-state index is 6.03. The molecular formula is C10H13Cl2N3O. The van der Waals surface area contributed by atoms with Crippen LogP contribution in [0.2, 0.25) is 10.3 Å². The first-order valence-corrected chi connectivity index (χ1v) is 5.92. The minimum atomic E-state index is 0.363. The maximum Gasteiger partial charge on any atom is 0.175 e. The predicted molar refractivity (Wildman–Crippen MR) is 64.3 cm³/mol. The molecule has 16 heavy (non-hydrogen) atoms. The summed E-state index contributed by atoms with van der Waals surface area (Å²) in [5, 5.41) is 8.29. The highest BCUT2D eigenvalue weighted by Crippen LogP contribution is 2.35. The van der Waals surface area contributed by atoms with E-state index in [0.717, 1.165) is 12.2 Å². The van der Waals surface area contributed by atoms with Crippen molar-refractivity contribution in [3.8, 4) is 0 Å². The number of aromatic nitrogens is 2. The number of rotatable bonds is 5. The van der Waals surface area contributed by atoms with Crippen molar-refractivity contribution in [3.63, 3.8) is 0 Å². The van der Waals surface area contributed by atoms with Gasteiger partial charge in [-0.2, -0.15) is 0 Å². The van der Waals surface area contributed by atoms with Gasteiger partial charge in [0, 0.05) is 25.8 Å². The van der Waals surface area contributed by atoms with Crippen molar-refractivity contribution in [3.05, 3.63) is 16.4 Å². The van der Waals surface area contributed by atoms with Crippen LogP contribution < -0.4 is 4.90 Å². The molecular weight excluding hydrogens is 249 g/mol. The second-order valence-corrected chi connectivity index (χ2v) is 4.51. The van der Waals surface area contributed by atoms with Crippen LogP contribution in [0.4, 0.5) is 5.69 Å². The SMILES string of the molecule is COCCN(c1cc(Cl)nnc1Cl)C1CC1. The third-order valence-corrected chi connectivity index (χ3v) is 2.99. The van der Waals surface area contributed by atoms with Crippen LogP contribution in [0.1, 0.15) is 12.8 Å². The average molecular weight is 262 g/mol. The van der Waals surface area contributed by atoms with Gasteiger partial charge < -0.3 is 9.64 Å². The molecule has 6 heteroatoms.